The van der Waals surface area contributed by atoms with Gasteiger partial charge in [0.1, 0.15) is 12.7 Å². The topological polar surface area (TPSA) is 155 Å². The summed E-state index contributed by atoms with van der Waals surface area (Å²) in [6.07, 6.45) is 49.3. The lowest BCUT2D eigenvalue weighted by Gasteiger charge is -2.21. The number of phosphoric acid groups is 1. The molecule has 0 aromatic carbocycles. The Balaban J connectivity index is 4.76. The summed E-state index contributed by atoms with van der Waals surface area (Å²) < 4.78 is 39.3. The fourth-order valence-corrected chi connectivity index (χ4v) is 7.86. The van der Waals surface area contributed by atoms with Gasteiger partial charge in [-0.15, -0.1) is 0 Å². The summed E-state index contributed by atoms with van der Waals surface area (Å²) in [7, 11) is -4.74. The first-order chi connectivity index (χ1) is 32.2. The van der Waals surface area contributed by atoms with Crippen molar-refractivity contribution >= 4 is 25.7 Å². The lowest BCUT2D eigenvalue weighted by atomic mass is 10.1. The highest BCUT2D eigenvalue weighted by Gasteiger charge is 2.28. The van der Waals surface area contributed by atoms with Crippen LogP contribution >= 0.6 is 7.82 Å². The van der Waals surface area contributed by atoms with Gasteiger partial charge in [-0.2, -0.15) is 0 Å². The van der Waals surface area contributed by atoms with Crippen molar-refractivity contribution in [2.45, 2.75) is 251 Å². The van der Waals surface area contributed by atoms with E-state index in [1.807, 2.05) is 0 Å². The normalized spacial score (nSPS) is 13.8. The maximum atomic E-state index is 12.8. The molecule has 12 heteroatoms. The molecule has 0 aromatic heterocycles. The van der Waals surface area contributed by atoms with Gasteiger partial charge in [-0.25, -0.2) is 4.57 Å². The largest absolute Gasteiger partial charge is 0.472 e. The molecule has 3 unspecified atom stereocenters. The van der Waals surface area contributed by atoms with E-state index in [1.165, 1.54) is 51.4 Å². The molecule has 3 atom stereocenters. The molecule has 0 aliphatic carbocycles. The van der Waals surface area contributed by atoms with Crippen molar-refractivity contribution in [3.05, 3.63) is 48.6 Å². The highest BCUT2D eigenvalue weighted by Crippen LogP contribution is 2.43. The molecule has 0 aromatic rings. The van der Waals surface area contributed by atoms with Gasteiger partial charge in [0.2, 0.25) is 0 Å². The Morgan fingerprint density at radius 3 is 1.24 bits per heavy atom. The quantitative estimate of drug-likeness (QED) is 0.0197. The third-order valence-corrected chi connectivity index (χ3v) is 12.1. The maximum Gasteiger partial charge on any atom is 0.472 e. The van der Waals surface area contributed by atoms with Gasteiger partial charge in [0.05, 0.1) is 19.8 Å². The minimum Gasteiger partial charge on any atom is -0.462 e. The van der Waals surface area contributed by atoms with Crippen LogP contribution in [0.1, 0.15) is 239 Å². The standard InChI is InChI=1S/C54H97O11P/c1-4-7-10-13-16-19-22-24-25-27-29-31-34-37-40-43-52(56)61-47-51(65-54(58)45-42-39-36-33-30-26-23-20-17-14-11-8-5-2)49-63-66(59,60)62-48-50(46-55)64-53(57)44-41-38-35-32-28-21-18-15-12-9-6-3/h11,14-15,18,20,23-25,50-51,55H,4-10,12-13,16-17,19,21-22,26-49H2,1-3H3,(H,59,60)/b14-11-,18-15-,23-20-,25-24-. The molecule has 0 aliphatic rings. The van der Waals surface area contributed by atoms with E-state index in [0.29, 0.717) is 19.3 Å². The van der Waals surface area contributed by atoms with Gasteiger partial charge in [-0.05, 0) is 89.9 Å². The molecular weight excluding hydrogens is 856 g/mol. The molecule has 0 fully saturated rings. The van der Waals surface area contributed by atoms with Crippen molar-refractivity contribution < 1.29 is 52.2 Å². The van der Waals surface area contributed by atoms with Crippen LogP contribution in [-0.4, -0.2) is 66.5 Å². The van der Waals surface area contributed by atoms with Crippen LogP contribution < -0.4 is 0 Å². The minimum atomic E-state index is -4.74. The number of ether oxygens (including phenoxy) is 3. The zero-order valence-corrected chi connectivity index (χ0v) is 43.1. The van der Waals surface area contributed by atoms with Crippen LogP contribution in [0, 0.1) is 0 Å². The Morgan fingerprint density at radius 2 is 0.788 bits per heavy atom. The first-order valence-corrected chi connectivity index (χ1v) is 28.0. The Morgan fingerprint density at radius 1 is 0.424 bits per heavy atom. The smallest absolute Gasteiger partial charge is 0.462 e. The first kappa shape index (κ1) is 63.4. The molecule has 0 aliphatic heterocycles. The lowest BCUT2D eigenvalue weighted by Crippen LogP contribution is -2.30. The van der Waals surface area contributed by atoms with Crippen molar-refractivity contribution in [3.63, 3.8) is 0 Å². The lowest BCUT2D eigenvalue weighted by molar-refractivity contribution is -0.161. The predicted molar refractivity (Wildman–Crippen MR) is 270 cm³/mol. The van der Waals surface area contributed by atoms with Crippen LogP contribution in [0.15, 0.2) is 48.6 Å². The number of esters is 3. The summed E-state index contributed by atoms with van der Waals surface area (Å²) in [5.74, 6) is -1.50. The van der Waals surface area contributed by atoms with Crippen LogP contribution in [-0.2, 0) is 42.2 Å². The Hall–Kier alpha value is -2.56. The predicted octanol–water partition coefficient (Wildman–Crippen LogP) is 15.0. The second kappa shape index (κ2) is 48.9. The fraction of sp³-hybridized carbons (Fsp3) is 0.796. The molecule has 0 amide bonds. The Labute approximate surface area is 403 Å². The number of allylic oxidation sites excluding steroid dienone is 8. The van der Waals surface area contributed by atoms with E-state index in [2.05, 4.69) is 69.4 Å². The van der Waals surface area contributed by atoms with E-state index in [1.54, 1.807) is 0 Å². The summed E-state index contributed by atoms with van der Waals surface area (Å²) in [6, 6.07) is 0. The van der Waals surface area contributed by atoms with E-state index in [9.17, 15) is 28.9 Å². The van der Waals surface area contributed by atoms with Gasteiger partial charge in [-0.1, -0.05) is 179 Å². The van der Waals surface area contributed by atoms with Gasteiger partial charge in [0.15, 0.2) is 6.10 Å². The van der Waals surface area contributed by atoms with Crippen molar-refractivity contribution in [3.8, 4) is 0 Å². The van der Waals surface area contributed by atoms with Crippen LogP contribution in [0.3, 0.4) is 0 Å². The molecule has 0 bridgehead atoms. The number of carbonyl (C=O) groups excluding carboxylic acids is 3. The second-order valence-electron chi connectivity index (χ2n) is 17.7. The van der Waals surface area contributed by atoms with Crippen LogP contribution in [0.2, 0.25) is 0 Å². The van der Waals surface area contributed by atoms with Gasteiger partial charge >= 0.3 is 25.7 Å². The molecule has 2 N–H and O–H groups in total. The number of unbranched alkanes of at least 4 members (excludes halogenated alkanes) is 24. The van der Waals surface area contributed by atoms with Gasteiger partial charge < -0.3 is 24.2 Å². The van der Waals surface area contributed by atoms with Crippen LogP contribution in [0.25, 0.3) is 0 Å². The summed E-state index contributed by atoms with van der Waals surface area (Å²) in [5.41, 5.74) is 0. The highest BCUT2D eigenvalue weighted by atomic mass is 31.2. The monoisotopic (exact) mass is 953 g/mol. The van der Waals surface area contributed by atoms with Crippen molar-refractivity contribution in [2.24, 2.45) is 0 Å². The average molecular weight is 953 g/mol. The van der Waals surface area contributed by atoms with E-state index in [-0.39, 0.29) is 25.9 Å². The Bertz CT molecular complexity index is 1300. The molecule has 66 heavy (non-hydrogen) atoms. The van der Waals surface area contributed by atoms with Crippen LogP contribution in [0.5, 0.6) is 0 Å². The van der Waals surface area contributed by atoms with Gasteiger partial charge in [0.25, 0.3) is 0 Å². The molecule has 0 radical (unpaired) electrons. The number of aliphatic hydroxyl groups is 1. The van der Waals surface area contributed by atoms with E-state index in [0.717, 1.165) is 128 Å². The molecular formula is C54H97O11P. The highest BCUT2D eigenvalue weighted by molar-refractivity contribution is 7.47. The first-order valence-electron chi connectivity index (χ1n) is 26.5. The number of phosphoric ester groups is 1. The maximum absolute atomic E-state index is 12.8. The van der Waals surface area contributed by atoms with Gasteiger partial charge in [-0.3, -0.25) is 23.4 Å². The SMILES string of the molecule is CCC/C=C\C/C=C\CCCCCCCC(=O)OC(COC(=O)CCCCCCC/C=C\CCCCCCCC)COP(=O)(O)OCC(CO)OC(=O)CCCCCCC/C=C\CCCC. The zero-order chi connectivity index (χ0) is 48.4. The van der Waals surface area contributed by atoms with Crippen molar-refractivity contribution in [1.29, 1.82) is 0 Å². The third-order valence-electron chi connectivity index (χ3n) is 11.2. The summed E-state index contributed by atoms with van der Waals surface area (Å²) in [6.45, 7) is 4.50. The molecule has 384 valence electrons. The number of aliphatic hydroxyl groups excluding tert-OH is 1. The number of rotatable bonds is 49. The average Bonchev–Trinajstić information content (AvgIpc) is 3.30. The Kier molecular flexibility index (Phi) is 47.0. The summed E-state index contributed by atoms with van der Waals surface area (Å²) in [5, 5.41) is 9.76. The second-order valence-corrected chi connectivity index (χ2v) is 19.1. The molecule has 0 saturated carbocycles. The molecule has 11 nitrogen and oxygen atoms in total. The van der Waals surface area contributed by atoms with Crippen molar-refractivity contribution in [2.75, 3.05) is 26.4 Å². The molecule has 0 heterocycles. The molecule has 0 spiro atoms. The van der Waals surface area contributed by atoms with Crippen LogP contribution in [0.4, 0.5) is 0 Å². The zero-order valence-electron chi connectivity index (χ0n) is 42.2. The van der Waals surface area contributed by atoms with E-state index >= 15 is 0 Å². The number of hydrogen-bond donors (Lipinski definition) is 2. The fourth-order valence-electron chi connectivity index (χ4n) is 7.07. The third kappa shape index (κ3) is 46.5. The molecule has 0 rings (SSSR count). The van der Waals surface area contributed by atoms with E-state index in [4.69, 9.17) is 23.3 Å². The molecule has 0 saturated heterocycles. The van der Waals surface area contributed by atoms with Crippen molar-refractivity contribution in [1.82, 2.24) is 0 Å². The summed E-state index contributed by atoms with van der Waals surface area (Å²) >= 11 is 0. The van der Waals surface area contributed by atoms with E-state index < -0.39 is 57.8 Å². The minimum absolute atomic E-state index is 0.150. The number of hydrogen-bond acceptors (Lipinski definition) is 10. The summed E-state index contributed by atoms with van der Waals surface area (Å²) in [4.78, 5) is 48.3. The van der Waals surface area contributed by atoms with Gasteiger partial charge in [0, 0.05) is 19.3 Å². The number of carbonyl (C=O) groups is 3.